The van der Waals surface area contributed by atoms with Gasteiger partial charge in [0, 0.05) is 19.3 Å². The van der Waals surface area contributed by atoms with E-state index >= 15 is 0 Å². The van der Waals surface area contributed by atoms with Crippen LogP contribution >= 0.6 is 0 Å². The molecule has 1 aliphatic carbocycles. The van der Waals surface area contributed by atoms with Crippen LogP contribution in [0.3, 0.4) is 0 Å². The summed E-state index contributed by atoms with van der Waals surface area (Å²) in [7, 11) is 1.80. The summed E-state index contributed by atoms with van der Waals surface area (Å²) in [5.41, 5.74) is 1.44. The normalized spacial score (nSPS) is 26.8. The van der Waals surface area contributed by atoms with Crippen molar-refractivity contribution in [2.45, 2.75) is 39.2 Å². The number of hydrogen-bond acceptors (Lipinski definition) is 3. The first kappa shape index (κ1) is 13.8. The molecule has 0 bridgehead atoms. The lowest BCUT2D eigenvalue weighted by Crippen LogP contribution is -2.42. The smallest absolute Gasteiger partial charge is 0.253 e. The second kappa shape index (κ2) is 6.04. The first-order valence-corrected chi connectivity index (χ1v) is 7.04. The largest absolute Gasteiger partial charge is 0.386 e. The van der Waals surface area contributed by atoms with E-state index < -0.39 is 0 Å². The summed E-state index contributed by atoms with van der Waals surface area (Å²) in [6, 6.07) is 2.05. The van der Waals surface area contributed by atoms with Crippen molar-refractivity contribution in [3.63, 3.8) is 0 Å². The maximum atomic E-state index is 12.3. The molecule has 4 heteroatoms. The molecule has 19 heavy (non-hydrogen) atoms. The second-order valence-corrected chi connectivity index (χ2v) is 5.65. The van der Waals surface area contributed by atoms with Crippen molar-refractivity contribution in [2.75, 3.05) is 12.4 Å². The van der Waals surface area contributed by atoms with Gasteiger partial charge in [-0.05, 0) is 37.2 Å². The van der Waals surface area contributed by atoms with Crippen LogP contribution in [-0.4, -0.2) is 24.0 Å². The van der Waals surface area contributed by atoms with E-state index in [9.17, 15) is 4.79 Å². The molecular weight excluding hydrogens is 238 g/mol. The van der Waals surface area contributed by atoms with Gasteiger partial charge in [0.2, 0.25) is 0 Å². The van der Waals surface area contributed by atoms with Crippen LogP contribution in [0.1, 0.15) is 43.5 Å². The Morgan fingerprint density at radius 1 is 1.37 bits per heavy atom. The van der Waals surface area contributed by atoms with Crippen LogP contribution in [-0.2, 0) is 0 Å². The third kappa shape index (κ3) is 3.25. The predicted octanol–water partition coefficient (Wildman–Crippen LogP) is 2.68. The Bertz CT molecular complexity index is 447. The number of anilines is 1. The van der Waals surface area contributed by atoms with Gasteiger partial charge in [0.1, 0.15) is 0 Å². The number of nitrogens with zero attached hydrogens (tertiary/aromatic N) is 1. The molecule has 2 N–H and O–H groups in total. The van der Waals surface area contributed by atoms with E-state index in [-0.39, 0.29) is 5.91 Å². The van der Waals surface area contributed by atoms with Gasteiger partial charge in [0.15, 0.2) is 0 Å². The number of amides is 1. The highest BCUT2D eigenvalue weighted by molar-refractivity contribution is 5.99. The lowest BCUT2D eigenvalue weighted by Gasteiger charge is -2.33. The summed E-state index contributed by atoms with van der Waals surface area (Å²) in [5, 5.41) is 6.18. The van der Waals surface area contributed by atoms with Gasteiger partial charge in [-0.1, -0.05) is 13.8 Å². The zero-order valence-electron chi connectivity index (χ0n) is 11.9. The Balaban J connectivity index is 2.04. The van der Waals surface area contributed by atoms with Crippen molar-refractivity contribution < 1.29 is 4.79 Å². The van der Waals surface area contributed by atoms with E-state index in [1.54, 1.807) is 25.5 Å². The Morgan fingerprint density at radius 3 is 2.84 bits per heavy atom. The van der Waals surface area contributed by atoms with Crippen LogP contribution in [0.4, 0.5) is 5.69 Å². The van der Waals surface area contributed by atoms with Crippen LogP contribution in [0.5, 0.6) is 0 Å². The Morgan fingerprint density at radius 2 is 2.16 bits per heavy atom. The fourth-order valence-electron chi connectivity index (χ4n) is 2.92. The number of carbonyl (C=O) groups is 1. The van der Waals surface area contributed by atoms with Crippen molar-refractivity contribution in [1.82, 2.24) is 10.3 Å². The van der Waals surface area contributed by atoms with E-state index in [1.165, 1.54) is 12.8 Å². The molecule has 1 amide bonds. The zero-order chi connectivity index (χ0) is 13.8. The van der Waals surface area contributed by atoms with Crippen LogP contribution < -0.4 is 10.6 Å². The van der Waals surface area contributed by atoms with Crippen molar-refractivity contribution >= 4 is 11.6 Å². The number of rotatable bonds is 3. The summed E-state index contributed by atoms with van der Waals surface area (Å²) in [4.78, 5) is 16.4. The average molecular weight is 261 g/mol. The second-order valence-electron chi connectivity index (χ2n) is 5.65. The first-order valence-electron chi connectivity index (χ1n) is 7.04. The number of nitrogens with one attached hydrogen (secondary N) is 2. The first-order chi connectivity index (χ1) is 9.11. The van der Waals surface area contributed by atoms with Gasteiger partial charge in [-0.3, -0.25) is 9.78 Å². The molecule has 1 fully saturated rings. The summed E-state index contributed by atoms with van der Waals surface area (Å²) >= 11 is 0. The molecule has 0 radical (unpaired) electrons. The average Bonchev–Trinajstić information content (AvgIpc) is 2.41. The Kier molecular flexibility index (Phi) is 4.40. The minimum absolute atomic E-state index is 0.00171. The summed E-state index contributed by atoms with van der Waals surface area (Å²) in [5.74, 6) is 1.32. The lowest BCUT2D eigenvalue weighted by atomic mass is 9.80. The van der Waals surface area contributed by atoms with E-state index in [1.807, 2.05) is 0 Å². The molecule has 3 unspecified atom stereocenters. The van der Waals surface area contributed by atoms with Gasteiger partial charge in [-0.25, -0.2) is 0 Å². The molecule has 0 saturated heterocycles. The standard InChI is InChI=1S/C15H23N3O/c1-10-4-5-13(11(2)8-10)18-15(19)12-6-7-17-9-14(12)16-3/h6-7,9-11,13,16H,4-5,8H2,1-3H3,(H,18,19). The van der Waals surface area contributed by atoms with Gasteiger partial charge < -0.3 is 10.6 Å². The maximum Gasteiger partial charge on any atom is 0.253 e. The highest BCUT2D eigenvalue weighted by atomic mass is 16.1. The van der Waals surface area contributed by atoms with Gasteiger partial charge in [0.05, 0.1) is 17.4 Å². The number of carbonyl (C=O) groups excluding carboxylic acids is 1. The molecule has 4 nitrogen and oxygen atoms in total. The molecule has 3 atom stereocenters. The molecule has 1 aliphatic rings. The van der Waals surface area contributed by atoms with Crippen LogP contribution in [0.2, 0.25) is 0 Å². The third-order valence-corrected chi connectivity index (χ3v) is 4.08. The predicted molar refractivity (Wildman–Crippen MR) is 77.2 cm³/mol. The molecule has 1 aromatic heterocycles. The molecule has 104 valence electrons. The maximum absolute atomic E-state index is 12.3. The van der Waals surface area contributed by atoms with Gasteiger partial charge in [0.25, 0.3) is 5.91 Å². The molecule has 1 heterocycles. The monoisotopic (exact) mass is 261 g/mol. The van der Waals surface area contributed by atoms with Crippen LogP contribution in [0.15, 0.2) is 18.5 Å². The summed E-state index contributed by atoms with van der Waals surface area (Å²) in [6.07, 6.45) is 6.81. The van der Waals surface area contributed by atoms with Crippen molar-refractivity contribution in [1.29, 1.82) is 0 Å². The Labute approximate surface area is 115 Å². The number of aromatic nitrogens is 1. The van der Waals surface area contributed by atoms with E-state index in [2.05, 4.69) is 29.5 Å². The van der Waals surface area contributed by atoms with Gasteiger partial charge >= 0.3 is 0 Å². The lowest BCUT2D eigenvalue weighted by molar-refractivity contribution is 0.0900. The van der Waals surface area contributed by atoms with Crippen LogP contribution in [0, 0.1) is 11.8 Å². The fourth-order valence-corrected chi connectivity index (χ4v) is 2.92. The fraction of sp³-hybridized carbons (Fsp3) is 0.600. The van der Waals surface area contributed by atoms with Gasteiger partial charge in [-0.2, -0.15) is 0 Å². The minimum atomic E-state index is -0.00171. The van der Waals surface area contributed by atoms with E-state index in [0.29, 0.717) is 17.5 Å². The molecule has 1 saturated carbocycles. The van der Waals surface area contributed by atoms with E-state index in [0.717, 1.165) is 18.0 Å². The van der Waals surface area contributed by atoms with E-state index in [4.69, 9.17) is 0 Å². The van der Waals surface area contributed by atoms with Crippen molar-refractivity contribution in [3.8, 4) is 0 Å². The Hall–Kier alpha value is -1.58. The van der Waals surface area contributed by atoms with Crippen molar-refractivity contribution in [2.24, 2.45) is 11.8 Å². The molecule has 0 spiro atoms. The summed E-state index contributed by atoms with van der Waals surface area (Å²) in [6.45, 7) is 4.52. The highest BCUT2D eigenvalue weighted by Crippen LogP contribution is 2.29. The minimum Gasteiger partial charge on any atom is -0.386 e. The number of pyridine rings is 1. The molecule has 2 rings (SSSR count). The molecule has 0 aliphatic heterocycles. The SMILES string of the molecule is CNc1cnccc1C(=O)NC1CCC(C)CC1C. The number of hydrogen-bond donors (Lipinski definition) is 2. The molecule has 0 aromatic carbocycles. The van der Waals surface area contributed by atoms with Gasteiger partial charge in [-0.15, -0.1) is 0 Å². The quantitative estimate of drug-likeness (QED) is 0.879. The zero-order valence-corrected chi connectivity index (χ0v) is 11.9. The molecule has 1 aromatic rings. The highest BCUT2D eigenvalue weighted by Gasteiger charge is 2.27. The third-order valence-electron chi connectivity index (χ3n) is 4.08. The topological polar surface area (TPSA) is 54.0 Å². The molecular formula is C15H23N3O. The van der Waals surface area contributed by atoms with Crippen LogP contribution in [0.25, 0.3) is 0 Å². The summed E-state index contributed by atoms with van der Waals surface area (Å²) < 4.78 is 0. The van der Waals surface area contributed by atoms with Crippen molar-refractivity contribution in [3.05, 3.63) is 24.0 Å².